The summed E-state index contributed by atoms with van der Waals surface area (Å²) in [5, 5.41) is 3.25. The van der Waals surface area contributed by atoms with E-state index in [9.17, 15) is 9.59 Å². The van der Waals surface area contributed by atoms with Crippen LogP contribution in [0, 0.1) is 13.8 Å². The number of carbonyl (C=O) groups is 2. The summed E-state index contributed by atoms with van der Waals surface area (Å²) in [5.74, 6) is 0.401. The zero-order valence-corrected chi connectivity index (χ0v) is 18.9. The lowest BCUT2D eigenvalue weighted by molar-refractivity contribution is -0.127. The quantitative estimate of drug-likeness (QED) is 0.643. The molecule has 1 fully saturated rings. The summed E-state index contributed by atoms with van der Waals surface area (Å²) in [6.45, 7) is 6.27. The molecule has 1 N–H and O–H groups in total. The highest BCUT2D eigenvalue weighted by atomic mass is 16.3. The maximum atomic E-state index is 13.9. The molecule has 32 heavy (non-hydrogen) atoms. The van der Waals surface area contributed by atoms with Crippen LogP contribution in [-0.2, 0) is 11.3 Å². The van der Waals surface area contributed by atoms with Gasteiger partial charge in [0.05, 0.1) is 18.5 Å². The Labute approximate surface area is 188 Å². The van der Waals surface area contributed by atoms with Crippen LogP contribution >= 0.6 is 0 Å². The third-order valence-corrected chi connectivity index (χ3v) is 7.13. The molecule has 166 valence electrons. The monoisotopic (exact) mass is 431 g/mol. The second-order valence-electron chi connectivity index (χ2n) is 9.26. The number of benzene rings is 1. The summed E-state index contributed by atoms with van der Waals surface area (Å²) in [6, 6.07) is 13.5. The molecule has 1 saturated carbocycles. The minimum absolute atomic E-state index is 0.108. The SMILES string of the molecule is Cc1cccc(N2C(=O)c3ccc(-c4ccco4)n3C[C@]2(C)C(=O)NC2CCCC2)c1C. The number of amides is 2. The van der Waals surface area contributed by atoms with Crippen molar-refractivity contribution in [3.63, 3.8) is 0 Å². The van der Waals surface area contributed by atoms with Crippen molar-refractivity contribution in [2.75, 3.05) is 4.90 Å². The van der Waals surface area contributed by atoms with E-state index >= 15 is 0 Å². The Kier molecular flexibility index (Phi) is 4.96. The maximum Gasteiger partial charge on any atom is 0.275 e. The van der Waals surface area contributed by atoms with Crippen molar-refractivity contribution in [2.24, 2.45) is 0 Å². The molecule has 1 atom stereocenters. The number of furan rings is 1. The Balaban J connectivity index is 1.64. The van der Waals surface area contributed by atoms with Crippen LogP contribution in [0.2, 0.25) is 0 Å². The van der Waals surface area contributed by atoms with Crippen molar-refractivity contribution < 1.29 is 14.0 Å². The topological polar surface area (TPSA) is 67.5 Å². The molecule has 1 aromatic carbocycles. The Morgan fingerprint density at radius 1 is 1.06 bits per heavy atom. The Bertz CT molecular complexity index is 1170. The first-order valence-corrected chi connectivity index (χ1v) is 11.4. The van der Waals surface area contributed by atoms with Crippen LogP contribution < -0.4 is 10.2 Å². The van der Waals surface area contributed by atoms with Gasteiger partial charge in [-0.2, -0.15) is 0 Å². The second kappa shape index (κ2) is 7.69. The normalized spacial score (nSPS) is 21.1. The van der Waals surface area contributed by atoms with E-state index in [1.54, 1.807) is 11.2 Å². The molecule has 2 aliphatic rings. The van der Waals surface area contributed by atoms with Crippen molar-refractivity contribution in [1.29, 1.82) is 0 Å². The zero-order valence-electron chi connectivity index (χ0n) is 18.9. The number of aromatic nitrogens is 1. The molecule has 1 aliphatic heterocycles. The molecular weight excluding hydrogens is 402 g/mol. The van der Waals surface area contributed by atoms with Crippen LogP contribution in [0.1, 0.15) is 54.2 Å². The maximum absolute atomic E-state index is 13.9. The summed E-state index contributed by atoms with van der Waals surface area (Å²) >= 11 is 0. The van der Waals surface area contributed by atoms with Crippen LogP contribution in [0.4, 0.5) is 5.69 Å². The van der Waals surface area contributed by atoms with Crippen LogP contribution in [0.15, 0.2) is 53.1 Å². The van der Waals surface area contributed by atoms with Crippen LogP contribution in [0.3, 0.4) is 0 Å². The summed E-state index contributed by atoms with van der Waals surface area (Å²) in [7, 11) is 0. The summed E-state index contributed by atoms with van der Waals surface area (Å²) < 4.78 is 7.54. The fourth-order valence-electron chi connectivity index (χ4n) is 5.12. The zero-order chi connectivity index (χ0) is 22.5. The summed E-state index contributed by atoms with van der Waals surface area (Å²) in [6.07, 6.45) is 5.86. The largest absolute Gasteiger partial charge is 0.463 e. The lowest BCUT2D eigenvalue weighted by Crippen LogP contribution is -2.65. The molecule has 3 heterocycles. The highest BCUT2D eigenvalue weighted by Crippen LogP contribution is 2.38. The van der Waals surface area contributed by atoms with Gasteiger partial charge >= 0.3 is 0 Å². The number of fused-ring (bicyclic) bond motifs is 1. The van der Waals surface area contributed by atoms with E-state index in [1.165, 1.54) is 0 Å². The van der Waals surface area contributed by atoms with Crippen molar-refractivity contribution in [2.45, 2.75) is 64.6 Å². The predicted octanol–water partition coefficient (Wildman–Crippen LogP) is 4.84. The molecule has 2 amide bonds. The fraction of sp³-hybridized carbons (Fsp3) is 0.385. The van der Waals surface area contributed by atoms with E-state index in [0.29, 0.717) is 18.0 Å². The van der Waals surface area contributed by atoms with Gasteiger partial charge in [-0.3, -0.25) is 14.5 Å². The number of nitrogens with one attached hydrogen (secondary N) is 1. The van der Waals surface area contributed by atoms with Crippen molar-refractivity contribution in [3.8, 4) is 11.5 Å². The number of aryl methyl sites for hydroxylation is 1. The van der Waals surface area contributed by atoms with Gasteiger partial charge in [0.1, 0.15) is 17.0 Å². The number of hydrogen-bond acceptors (Lipinski definition) is 3. The van der Waals surface area contributed by atoms with E-state index in [4.69, 9.17) is 4.42 Å². The minimum atomic E-state index is -1.08. The lowest BCUT2D eigenvalue weighted by atomic mass is 9.91. The van der Waals surface area contributed by atoms with Gasteiger partial charge in [0.2, 0.25) is 5.91 Å². The van der Waals surface area contributed by atoms with Gasteiger partial charge in [-0.15, -0.1) is 0 Å². The number of hydrogen-bond donors (Lipinski definition) is 1. The molecule has 0 spiro atoms. The second-order valence-corrected chi connectivity index (χ2v) is 9.26. The van der Waals surface area contributed by atoms with Gasteiger partial charge < -0.3 is 14.3 Å². The van der Waals surface area contributed by atoms with Crippen LogP contribution in [0.25, 0.3) is 11.5 Å². The smallest absolute Gasteiger partial charge is 0.275 e. The minimum Gasteiger partial charge on any atom is -0.463 e. The Hall–Kier alpha value is -3.28. The summed E-state index contributed by atoms with van der Waals surface area (Å²) in [4.78, 5) is 29.4. The van der Waals surface area contributed by atoms with Crippen LogP contribution in [-0.4, -0.2) is 28.0 Å². The van der Waals surface area contributed by atoms with Gasteiger partial charge in [-0.05, 0) is 75.1 Å². The highest BCUT2D eigenvalue weighted by molar-refractivity contribution is 6.12. The molecule has 0 saturated heterocycles. The fourth-order valence-corrected chi connectivity index (χ4v) is 5.12. The Morgan fingerprint density at radius 2 is 1.81 bits per heavy atom. The molecular formula is C26H29N3O3. The van der Waals surface area contributed by atoms with Crippen molar-refractivity contribution >= 4 is 17.5 Å². The third-order valence-electron chi connectivity index (χ3n) is 7.13. The van der Waals surface area contributed by atoms with Gasteiger partial charge in [-0.1, -0.05) is 25.0 Å². The predicted molar refractivity (Wildman–Crippen MR) is 124 cm³/mol. The third kappa shape index (κ3) is 3.17. The number of nitrogens with zero attached hydrogens (tertiary/aromatic N) is 2. The average Bonchev–Trinajstić information content (AvgIpc) is 3.52. The number of carbonyl (C=O) groups excluding carboxylic acids is 2. The van der Waals surface area contributed by atoms with Crippen molar-refractivity contribution in [1.82, 2.24) is 9.88 Å². The Morgan fingerprint density at radius 3 is 2.53 bits per heavy atom. The first-order valence-electron chi connectivity index (χ1n) is 11.4. The molecule has 6 nitrogen and oxygen atoms in total. The molecule has 3 aromatic rings. The molecule has 0 bridgehead atoms. The van der Waals surface area contributed by atoms with Crippen LogP contribution in [0.5, 0.6) is 0 Å². The van der Waals surface area contributed by atoms with Crippen molar-refractivity contribution in [3.05, 3.63) is 65.5 Å². The highest BCUT2D eigenvalue weighted by Gasteiger charge is 2.49. The molecule has 6 heteroatoms. The summed E-state index contributed by atoms with van der Waals surface area (Å²) in [5.41, 5.74) is 3.16. The average molecular weight is 432 g/mol. The van der Waals surface area contributed by atoms with E-state index in [2.05, 4.69) is 5.32 Å². The lowest BCUT2D eigenvalue weighted by Gasteiger charge is -2.45. The van der Waals surface area contributed by atoms with E-state index in [0.717, 1.165) is 48.2 Å². The molecule has 0 radical (unpaired) electrons. The molecule has 0 unspecified atom stereocenters. The van der Waals surface area contributed by atoms with Gasteiger partial charge in [-0.25, -0.2) is 0 Å². The molecule has 2 aromatic heterocycles. The molecule has 5 rings (SSSR count). The van der Waals surface area contributed by atoms with E-state index in [-0.39, 0.29) is 17.9 Å². The van der Waals surface area contributed by atoms with Gasteiger partial charge in [0.15, 0.2) is 0 Å². The van der Waals surface area contributed by atoms with Gasteiger partial charge in [0.25, 0.3) is 5.91 Å². The molecule has 1 aliphatic carbocycles. The number of anilines is 1. The first kappa shape index (κ1) is 20.6. The first-order chi connectivity index (χ1) is 15.4. The number of rotatable bonds is 4. The van der Waals surface area contributed by atoms with E-state index < -0.39 is 5.54 Å². The van der Waals surface area contributed by atoms with E-state index in [1.807, 2.05) is 67.8 Å². The van der Waals surface area contributed by atoms with Gasteiger partial charge in [0, 0.05) is 11.7 Å². The standard InChI is InChI=1S/C26H29N3O3/c1-17-8-6-11-20(18(17)2)29-24(30)22-14-13-21(23-12-7-15-32-23)28(22)16-26(29,3)25(31)27-19-9-4-5-10-19/h6-8,11-15,19H,4-5,9-10,16H2,1-3H3,(H,27,31)/t26-/m1/s1.